The molecule has 8 nitrogen and oxygen atoms in total. The molecule has 9 heteroatoms. The van der Waals surface area contributed by atoms with Crippen molar-refractivity contribution in [3.05, 3.63) is 40.1 Å². The minimum Gasteiger partial charge on any atom is -0.493 e. The molecule has 1 atom stereocenters. The molecule has 2 aromatic rings. The number of anilines is 1. The van der Waals surface area contributed by atoms with E-state index < -0.39 is 0 Å². The average Bonchev–Trinajstić information content (AvgIpc) is 3.24. The zero-order valence-corrected chi connectivity index (χ0v) is 17.2. The predicted molar refractivity (Wildman–Crippen MR) is 109 cm³/mol. The standard InChI is InChI=1S/C20H24N2O6S/c1-25-17-9-14(20(24)21-10-15-11-27-4-5-28-15)8-16(19(17)26-2)22-18(23)7-13-3-6-29-12-13/h3,6,8-9,12,15H,4-5,7,10-11H2,1-2H3,(H,21,24)(H,22,23). The van der Waals surface area contributed by atoms with Crippen LogP contribution in [0.25, 0.3) is 0 Å². The van der Waals surface area contributed by atoms with Crippen molar-refractivity contribution in [1.29, 1.82) is 0 Å². The summed E-state index contributed by atoms with van der Waals surface area (Å²) in [6.07, 6.45) is 0.0438. The Morgan fingerprint density at radius 2 is 2.10 bits per heavy atom. The zero-order chi connectivity index (χ0) is 20.6. The van der Waals surface area contributed by atoms with Crippen molar-refractivity contribution in [3.63, 3.8) is 0 Å². The topological polar surface area (TPSA) is 95.1 Å². The van der Waals surface area contributed by atoms with Gasteiger partial charge in [-0.2, -0.15) is 11.3 Å². The van der Waals surface area contributed by atoms with Gasteiger partial charge in [-0.25, -0.2) is 0 Å². The van der Waals surface area contributed by atoms with E-state index in [0.29, 0.717) is 49.1 Å². The van der Waals surface area contributed by atoms with Crippen LogP contribution in [0.4, 0.5) is 5.69 Å². The average molecular weight is 420 g/mol. The maximum absolute atomic E-state index is 12.6. The molecule has 2 N–H and O–H groups in total. The molecule has 0 saturated carbocycles. The number of amides is 2. The summed E-state index contributed by atoms with van der Waals surface area (Å²) < 4.78 is 21.6. The molecule has 1 saturated heterocycles. The van der Waals surface area contributed by atoms with Gasteiger partial charge in [-0.15, -0.1) is 0 Å². The Morgan fingerprint density at radius 1 is 1.24 bits per heavy atom. The van der Waals surface area contributed by atoms with Crippen molar-refractivity contribution in [2.75, 3.05) is 45.9 Å². The van der Waals surface area contributed by atoms with Gasteiger partial charge in [0.25, 0.3) is 5.91 Å². The first-order valence-electron chi connectivity index (χ1n) is 9.15. The largest absolute Gasteiger partial charge is 0.493 e. The first-order chi connectivity index (χ1) is 14.1. The van der Waals surface area contributed by atoms with Crippen LogP contribution in [0, 0.1) is 0 Å². The second kappa shape index (κ2) is 10.2. The summed E-state index contributed by atoms with van der Waals surface area (Å²) in [5.41, 5.74) is 1.63. The lowest BCUT2D eigenvalue weighted by Gasteiger charge is -2.23. The van der Waals surface area contributed by atoms with Gasteiger partial charge in [-0.3, -0.25) is 9.59 Å². The lowest BCUT2D eigenvalue weighted by molar-refractivity contribution is -0.115. The summed E-state index contributed by atoms with van der Waals surface area (Å²) in [5, 5.41) is 9.46. The van der Waals surface area contributed by atoms with Gasteiger partial charge in [0.1, 0.15) is 0 Å². The monoisotopic (exact) mass is 420 g/mol. The van der Waals surface area contributed by atoms with Crippen molar-refractivity contribution < 1.29 is 28.5 Å². The fraction of sp³-hybridized carbons (Fsp3) is 0.400. The van der Waals surface area contributed by atoms with Gasteiger partial charge in [-0.05, 0) is 34.5 Å². The van der Waals surface area contributed by atoms with Crippen LogP contribution in [-0.2, 0) is 20.7 Å². The van der Waals surface area contributed by atoms with Crippen molar-refractivity contribution in [1.82, 2.24) is 5.32 Å². The molecule has 2 heterocycles. The van der Waals surface area contributed by atoms with Crippen LogP contribution in [0.2, 0.25) is 0 Å². The number of thiophene rings is 1. The van der Waals surface area contributed by atoms with E-state index in [1.165, 1.54) is 25.6 Å². The highest BCUT2D eigenvalue weighted by Gasteiger charge is 2.20. The maximum atomic E-state index is 12.6. The molecule has 1 aliphatic rings. The van der Waals surface area contributed by atoms with Crippen molar-refractivity contribution in [3.8, 4) is 11.5 Å². The second-order valence-corrected chi connectivity index (χ2v) is 7.17. The molecule has 2 amide bonds. The number of ether oxygens (including phenoxy) is 4. The van der Waals surface area contributed by atoms with Crippen molar-refractivity contribution in [2.45, 2.75) is 12.5 Å². The van der Waals surface area contributed by atoms with E-state index in [1.807, 2.05) is 16.8 Å². The lowest BCUT2D eigenvalue weighted by atomic mass is 10.1. The van der Waals surface area contributed by atoms with Crippen molar-refractivity contribution in [2.24, 2.45) is 0 Å². The Balaban J connectivity index is 1.73. The molecular weight excluding hydrogens is 396 g/mol. The number of rotatable bonds is 8. The van der Waals surface area contributed by atoms with Gasteiger partial charge >= 0.3 is 0 Å². The summed E-state index contributed by atoms with van der Waals surface area (Å²) >= 11 is 1.53. The number of methoxy groups -OCH3 is 2. The number of nitrogens with one attached hydrogen (secondary N) is 2. The van der Waals surface area contributed by atoms with Crippen LogP contribution in [0.15, 0.2) is 29.0 Å². The number of hydrogen-bond donors (Lipinski definition) is 2. The molecule has 1 fully saturated rings. The van der Waals surface area contributed by atoms with Crippen LogP contribution in [0.3, 0.4) is 0 Å². The summed E-state index contributed by atoms with van der Waals surface area (Å²) in [6, 6.07) is 5.03. The van der Waals surface area contributed by atoms with E-state index >= 15 is 0 Å². The smallest absolute Gasteiger partial charge is 0.251 e. The first kappa shape index (κ1) is 21.1. The third kappa shape index (κ3) is 5.69. The number of benzene rings is 1. The van der Waals surface area contributed by atoms with Crippen LogP contribution >= 0.6 is 11.3 Å². The van der Waals surface area contributed by atoms with E-state index in [1.54, 1.807) is 12.1 Å². The van der Waals surface area contributed by atoms with Gasteiger partial charge < -0.3 is 29.6 Å². The third-order valence-corrected chi connectivity index (χ3v) is 5.07. The summed E-state index contributed by atoms with van der Waals surface area (Å²) in [5.74, 6) is 0.178. The molecule has 1 aromatic carbocycles. The Labute approximate surface area is 173 Å². The van der Waals surface area contributed by atoms with E-state index in [2.05, 4.69) is 10.6 Å². The van der Waals surface area contributed by atoms with Gasteiger partial charge in [0, 0.05) is 12.1 Å². The normalized spacial score (nSPS) is 16.1. The maximum Gasteiger partial charge on any atom is 0.251 e. The third-order valence-electron chi connectivity index (χ3n) is 4.34. The highest BCUT2D eigenvalue weighted by atomic mass is 32.1. The van der Waals surface area contributed by atoms with E-state index in [4.69, 9.17) is 18.9 Å². The molecule has 0 bridgehead atoms. The van der Waals surface area contributed by atoms with Gasteiger partial charge in [-0.1, -0.05) is 0 Å². The van der Waals surface area contributed by atoms with E-state index in [9.17, 15) is 9.59 Å². The number of hydrogen-bond acceptors (Lipinski definition) is 7. The zero-order valence-electron chi connectivity index (χ0n) is 16.4. The van der Waals surface area contributed by atoms with E-state index in [0.717, 1.165) is 5.56 Å². The summed E-state index contributed by atoms with van der Waals surface area (Å²) in [7, 11) is 2.95. The Bertz CT molecular complexity index is 834. The fourth-order valence-corrected chi connectivity index (χ4v) is 3.59. The number of carbonyl (C=O) groups excluding carboxylic acids is 2. The minimum absolute atomic E-state index is 0.183. The Kier molecular flexibility index (Phi) is 7.45. The second-order valence-electron chi connectivity index (χ2n) is 6.39. The highest BCUT2D eigenvalue weighted by molar-refractivity contribution is 7.08. The number of carbonyl (C=O) groups is 2. The van der Waals surface area contributed by atoms with Crippen LogP contribution < -0.4 is 20.1 Å². The SMILES string of the molecule is COc1cc(C(=O)NCC2COCCO2)cc(NC(=O)Cc2ccsc2)c1OC. The molecule has 3 rings (SSSR count). The van der Waals surface area contributed by atoms with E-state index in [-0.39, 0.29) is 24.3 Å². The fourth-order valence-electron chi connectivity index (χ4n) is 2.92. The molecule has 0 spiro atoms. The van der Waals surface area contributed by atoms with Crippen LogP contribution in [0.1, 0.15) is 15.9 Å². The summed E-state index contributed by atoms with van der Waals surface area (Å²) in [4.78, 5) is 25.1. The van der Waals surface area contributed by atoms with Gasteiger partial charge in [0.15, 0.2) is 11.5 Å². The Hall–Kier alpha value is -2.62. The molecule has 156 valence electrons. The van der Waals surface area contributed by atoms with Crippen molar-refractivity contribution >= 4 is 28.8 Å². The molecular formula is C20H24N2O6S. The molecule has 1 aliphatic heterocycles. The van der Waals surface area contributed by atoms with Gasteiger partial charge in [0.05, 0.1) is 52.3 Å². The molecule has 1 unspecified atom stereocenters. The van der Waals surface area contributed by atoms with Crippen LogP contribution in [0.5, 0.6) is 11.5 Å². The highest BCUT2D eigenvalue weighted by Crippen LogP contribution is 2.36. The molecule has 0 aliphatic carbocycles. The summed E-state index contributed by atoms with van der Waals surface area (Å²) in [6.45, 7) is 1.84. The van der Waals surface area contributed by atoms with Gasteiger partial charge in [0.2, 0.25) is 5.91 Å². The molecule has 29 heavy (non-hydrogen) atoms. The first-order valence-corrected chi connectivity index (χ1v) is 10.1. The molecule has 1 aromatic heterocycles. The predicted octanol–water partition coefficient (Wildman–Crippen LogP) is 2.09. The molecule has 0 radical (unpaired) electrons. The lowest BCUT2D eigenvalue weighted by Crippen LogP contribution is -2.39. The Morgan fingerprint density at radius 3 is 2.76 bits per heavy atom. The quantitative estimate of drug-likeness (QED) is 0.679. The van der Waals surface area contributed by atoms with Crippen LogP contribution in [-0.4, -0.2) is 58.5 Å². The minimum atomic E-state index is -0.312.